The van der Waals surface area contributed by atoms with Crippen LogP contribution < -0.4 is 4.90 Å². The van der Waals surface area contributed by atoms with E-state index in [-0.39, 0.29) is 24.4 Å². The summed E-state index contributed by atoms with van der Waals surface area (Å²) in [7, 11) is 0. The van der Waals surface area contributed by atoms with Crippen molar-refractivity contribution in [2.75, 3.05) is 11.4 Å². The number of rotatable bonds is 2. The third-order valence-corrected chi connectivity index (χ3v) is 5.16. The Balaban J connectivity index is 2.02. The van der Waals surface area contributed by atoms with Crippen LogP contribution in [0.5, 0.6) is 0 Å². The summed E-state index contributed by atoms with van der Waals surface area (Å²) in [6, 6.07) is 16.6. The predicted octanol–water partition coefficient (Wildman–Crippen LogP) is 5.36. The van der Waals surface area contributed by atoms with Crippen molar-refractivity contribution in [2.24, 2.45) is 0 Å². The molecule has 0 saturated carbocycles. The van der Waals surface area contributed by atoms with Gasteiger partial charge in [-0.15, -0.1) is 6.42 Å². The van der Waals surface area contributed by atoms with Crippen LogP contribution in [0.25, 0.3) is 10.8 Å². The van der Waals surface area contributed by atoms with Crippen LogP contribution in [0.15, 0.2) is 60.7 Å². The minimum Gasteiger partial charge on any atom is -0.300 e. The van der Waals surface area contributed by atoms with Gasteiger partial charge in [-0.1, -0.05) is 54.5 Å². The first-order chi connectivity index (χ1) is 13.4. The quantitative estimate of drug-likeness (QED) is 0.549. The van der Waals surface area contributed by atoms with Crippen LogP contribution >= 0.6 is 0 Å². The fourth-order valence-electron chi connectivity index (χ4n) is 4.00. The van der Waals surface area contributed by atoms with Crippen molar-refractivity contribution in [2.45, 2.75) is 18.5 Å². The first-order valence-electron chi connectivity index (χ1n) is 8.83. The Kier molecular flexibility index (Phi) is 4.35. The third kappa shape index (κ3) is 2.91. The molecule has 3 aromatic rings. The van der Waals surface area contributed by atoms with E-state index in [9.17, 15) is 18.0 Å². The molecule has 5 heteroatoms. The number of benzene rings is 3. The number of carbonyl (C=O) groups is 1. The van der Waals surface area contributed by atoms with Gasteiger partial charge in [0.1, 0.15) is 0 Å². The minimum absolute atomic E-state index is 0.0597. The molecule has 1 amide bonds. The van der Waals surface area contributed by atoms with Crippen LogP contribution in [-0.2, 0) is 11.0 Å². The molecule has 3 aromatic carbocycles. The van der Waals surface area contributed by atoms with Gasteiger partial charge in [-0.05, 0) is 34.0 Å². The largest absolute Gasteiger partial charge is 0.416 e. The van der Waals surface area contributed by atoms with E-state index in [1.54, 1.807) is 12.1 Å². The molecule has 1 aliphatic rings. The molecular weight excluding hydrogens is 363 g/mol. The van der Waals surface area contributed by atoms with E-state index < -0.39 is 17.7 Å². The van der Waals surface area contributed by atoms with Crippen molar-refractivity contribution in [3.05, 3.63) is 77.4 Å². The Bertz CT molecular complexity index is 1110. The molecule has 1 heterocycles. The number of alkyl halides is 3. The normalized spacial score (nSPS) is 16.7. The van der Waals surface area contributed by atoms with E-state index in [4.69, 9.17) is 6.42 Å². The molecule has 140 valence electrons. The maximum Gasteiger partial charge on any atom is 0.416 e. The lowest BCUT2D eigenvalue weighted by atomic mass is 9.79. The molecule has 4 rings (SSSR count). The average molecular weight is 379 g/mol. The van der Waals surface area contributed by atoms with Gasteiger partial charge in [0.15, 0.2) is 0 Å². The minimum atomic E-state index is -4.50. The molecule has 0 N–H and O–H groups in total. The van der Waals surface area contributed by atoms with E-state index in [0.29, 0.717) is 11.3 Å². The lowest BCUT2D eigenvalue weighted by Gasteiger charge is -2.35. The number of hydrogen-bond donors (Lipinski definition) is 0. The first-order valence-corrected chi connectivity index (χ1v) is 8.83. The first kappa shape index (κ1) is 18.1. The molecule has 0 radical (unpaired) electrons. The molecular formula is C23H16F3NO. The lowest BCUT2D eigenvalue weighted by molar-refractivity contribution is -0.138. The van der Waals surface area contributed by atoms with Crippen LogP contribution in [0, 0.1) is 12.3 Å². The van der Waals surface area contributed by atoms with Crippen molar-refractivity contribution in [3.63, 3.8) is 0 Å². The number of terminal acetylenes is 1. The molecule has 0 aromatic heterocycles. The fraction of sp³-hybridized carbons (Fsp3) is 0.174. The zero-order chi connectivity index (χ0) is 19.9. The average Bonchev–Trinajstić information content (AvgIpc) is 2.69. The van der Waals surface area contributed by atoms with Crippen LogP contribution in [0.1, 0.15) is 29.0 Å². The number of nitrogens with zero attached hydrogens (tertiary/aromatic N) is 1. The molecule has 0 aliphatic carbocycles. The van der Waals surface area contributed by atoms with Crippen LogP contribution in [0.4, 0.5) is 18.9 Å². The predicted molar refractivity (Wildman–Crippen MR) is 103 cm³/mol. The topological polar surface area (TPSA) is 20.3 Å². The molecule has 28 heavy (non-hydrogen) atoms. The van der Waals surface area contributed by atoms with Crippen LogP contribution in [0.2, 0.25) is 0 Å². The van der Waals surface area contributed by atoms with E-state index in [2.05, 4.69) is 5.92 Å². The zero-order valence-corrected chi connectivity index (χ0v) is 14.8. The van der Waals surface area contributed by atoms with E-state index >= 15 is 0 Å². The van der Waals surface area contributed by atoms with Gasteiger partial charge < -0.3 is 4.90 Å². The van der Waals surface area contributed by atoms with Crippen molar-refractivity contribution < 1.29 is 18.0 Å². The second-order valence-corrected chi connectivity index (χ2v) is 6.75. The van der Waals surface area contributed by atoms with Gasteiger partial charge in [0.05, 0.1) is 12.1 Å². The van der Waals surface area contributed by atoms with Crippen molar-refractivity contribution in [1.82, 2.24) is 0 Å². The molecule has 1 unspecified atom stereocenters. The fourth-order valence-corrected chi connectivity index (χ4v) is 4.00. The third-order valence-electron chi connectivity index (χ3n) is 5.16. The molecule has 1 atom stereocenters. The van der Waals surface area contributed by atoms with Gasteiger partial charge in [-0.3, -0.25) is 4.79 Å². The number of hydrogen-bond acceptors (Lipinski definition) is 1. The maximum atomic E-state index is 13.7. The Hall–Kier alpha value is -3.26. The smallest absolute Gasteiger partial charge is 0.300 e. The maximum absolute atomic E-state index is 13.7. The number of carbonyl (C=O) groups excluding carboxylic acids is 1. The number of anilines is 1. The summed E-state index contributed by atoms with van der Waals surface area (Å²) in [6.07, 6.45) is 0.866. The van der Waals surface area contributed by atoms with Gasteiger partial charge in [0.2, 0.25) is 5.91 Å². The highest BCUT2D eigenvalue weighted by Crippen LogP contribution is 2.46. The van der Waals surface area contributed by atoms with Crippen LogP contribution in [-0.4, -0.2) is 12.5 Å². The highest BCUT2D eigenvalue weighted by molar-refractivity contribution is 6.03. The second-order valence-electron chi connectivity index (χ2n) is 6.75. The van der Waals surface area contributed by atoms with Gasteiger partial charge in [-0.2, -0.15) is 13.2 Å². The molecule has 0 saturated heterocycles. The summed E-state index contributed by atoms with van der Waals surface area (Å²) < 4.78 is 41.0. The molecule has 1 aliphatic heterocycles. The Morgan fingerprint density at radius 2 is 1.75 bits per heavy atom. The van der Waals surface area contributed by atoms with E-state index in [0.717, 1.165) is 16.8 Å². The summed E-state index contributed by atoms with van der Waals surface area (Å²) >= 11 is 0. The van der Waals surface area contributed by atoms with Crippen molar-refractivity contribution >= 4 is 22.4 Å². The molecule has 2 nitrogen and oxygen atoms in total. The van der Waals surface area contributed by atoms with Gasteiger partial charge >= 0.3 is 6.18 Å². The van der Waals surface area contributed by atoms with E-state index in [1.807, 2.05) is 30.3 Å². The Morgan fingerprint density at radius 1 is 1.04 bits per heavy atom. The summed E-state index contributed by atoms with van der Waals surface area (Å²) in [4.78, 5) is 14.3. The Labute approximate surface area is 160 Å². The summed E-state index contributed by atoms with van der Waals surface area (Å²) in [6.45, 7) is 0.0812. The van der Waals surface area contributed by atoms with Crippen LogP contribution in [0.3, 0.4) is 0 Å². The SMILES string of the molecule is C#CCN1C(=O)CC(c2ccccc2C(F)(F)F)c2c1ccc1ccccc21. The van der Waals surface area contributed by atoms with E-state index in [1.165, 1.54) is 17.0 Å². The molecule has 0 bridgehead atoms. The van der Waals surface area contributed by atoms with Crippen molar-refractivity contribution in [1.29, 1.82) is 0 Å². The summed E-state index contributed by atoms with van der Waals surface area (Å²) in [5, 5.41) is 1.74. The highest BCUT2D eigenvalue weighted by atomic mass is 19.4. The van der Waals surface area contributed by atoms with Crippen molar-refractivity contribution in [3.8, 4) is 12.3 Å². The highest BCUT2D eigenvalue weighted by Gasteiger charge is 2.39. The molecule has 0 spiro atoms. The number of halogens is 3. The standard InChI is InChI=1S/C23H16F3NO/c1-2-13-27-20-12-11-15-7-3-4-8-16(15)22(20)18(14-21(27)28)17-9-5-6-10-19(17)23(24,25)26/h1,3-12,18H,13-14H2. The molecule has 0 fully saturated rings. The number of amides is 1. The number of fused-ring (bicyclic) bond motifs is 3. The van der Waals surface area contributed by atoms with Gasteiger partial charge in [0.25, 0.3) is 0 Å². The summed E-state index contributed by atoms with van der Waals surface area (Å²) in [5.74, 6) is 1.50. The zero-order valence-electron chi connectivity index (χ0n) is 14.8. The summed E-state index contributed by atoms with van der Waals surface area (Å²) in [5.41, 5.74) is 0.693. The second kappa shape index (κ2) is 6.72. The van der Waals surface area contributed by atoms with Gasteiger partial charge in [0, 0.05) is 18.0 Å². The lowest BCUT2D eigenvalue weighted by Crippen LogP contribution is -2.37. The monoisotopic (exact) mass is 379 g/mol. The van der Waals surface area contributed by atoms with Gasteiger partial charge in [-0.25, -0.2) is 0 Å². The Morgan fingerprint density at radius 3 is 2.50 bits per heavy atom.